The van der Waals surface area contributed by atoms with Crippen LogP contribution in [0.5, 0.6) is 0 Å². The minimum Gasteiger partial charge on any atom is -0.196 e. The number of hydrogen-bond donors (Lipinski definition) is 0. The van der Waals surface area contributed by atoms with Gasteiger partial charge in [-0.2, -0.15) is 10.5 Å². The van der Waals surface area contributed by atoms with E-state index in [1.807, 2.05) is 53.8 Å². The SMILES string of the molecule is CC=CCC(I)(C#N)C#N. The second-order valence-electron chi connectivity index (χ2n) is 1.80. The quantitative estimate of drug-likeness (QED) is 0.426. The summed E-state index contributed by atoms with van der Waals surface area (Å²) in [5.41, 5.74) is 0. The number of rotatable bonds is 2. The molecule has 0 bridgehead atoms. The van der Waals surface area contributed by atoms with Gasteiger partial charge in [0.15, 0.2) is 3.42 Å². The van der Waals surface area contributed by atoms with Gasteiger partial charge in [-0.15, -0.1) is 0 Å². The van der Waals surface area contributed by atoms with E-state index in [0.29, 0.717) is 6.42 Å². The molecule has 0 radical (unpaired) electrons. The van der Waals surface area contributed by atoms with Crippen LogP contribution in [0.1, 0.15) is 13.3 Å². The van der Waals surface area contributed by atoms with Gasteiger partial charge >= 0.3 is 0 Å². The fourth-order valence-electron chi connectivity index (χ4n) is 0.397. The number of nitrogens with zero attached hydrogens (tertiary/aromatic N) is 2. The van der Waals surface area contributed by atoms with Crippen molar-refractivity contribution in [1.82, 2.24) is 0 Å². The van der Waals surface area contributed by atoms with Crippen LogP contribution in [0.4, 0.5) is 0 Å². The van der Waals surface area contributed by atoms with E-state index in [9.17, 15) is 0 Å². The highest BCUT2D eigenvalue weighted by molar-refractivity contribution is 14.1. The first-order valence-corrected chi connectivity index (χ1v) is 3.89. The number of nitriles is 2. The lowest BCUT2D eigenvalue weighted by atomic mass is 10.1. The van der Waals surface area contributed by atoms with Crippen LogP contribution in [0, 0.1) is 22.7 Å². The first-order valence-electron chi connectivity index (χ1n) is 2.81. The third-order valence-corrected chi connectivity index (χ3v) is 1.91. The molecule has 0 heterocycles. The molecule has 0 N–H and O–H groups in total. The summed E-state index contributed by atoms with van der Waals surface area (Å²) in [5, 5.41) is 17.0. The van der Waals surface area contributed by atoms with Crippen molar-refractivity contribution in [2.24, 2.45) is 0 Å². The molecule has 0 spiro atoms. The number of halogens is 1. The highest BCUT2D eigenvalue weighted by atomic mass is 127. The van der Waals surface area contributed by atoms with Gasteiger partial charge < -0.3 is 0 Å². The average Bonchev–Trinajstić information content (AvgIpc) is 2.00. The van der Waals surface area contributed by atoms with E-state index >= 15 is 0 Å². The van der Waals surface area contributed by atoms with Gasteiger partial charge in [-0.1, -0.05) is 12.2 Å². The molecule has 0 aliphatic rings. The molecule has 0 amide bonds. The van der Waals surface area contributed by atoms with Crippen LogP contribution in [0.2, 0.25) is 0 Å². The van der Waals surface area contributed by atoms with E-state index in [2.05, 4.69) is 0 Å². The molecule has 10 heavy (non-hydrogen) atoms. The second-order valence-corrected chi connectivity index (χ2v) is 3.64. The van der Waals surface area contributed by atoms with Crippen LogP contribution in [-0.2, 0) is 0 Å². The normalized spacial score (nSPS) is 10.8. The molecule has 0 aliphatic heterocycles. The van der Waals surface area contributed by atoms with Crippen LogP contribution in [-0.4, -0.2) is 3.42 Å². The third kappa shape index (κ3) is 2.84. The van der Waals surface area contributed by atoms with Gasteiger partial charge in [-0.25, -0.2) is 0 Å². The summed E-state index contributed by atoms with van der Waals surface area (Å²) in [6.45, 7) is 1.87. The Kier molecular flexibility index (Phi) is 4.06. The molecule has 0 atom stereocenters. The maximum absolute atomic E-state index is 8.50. The van der Waals surface area contributed by atoms with Crippen molar-refractivity contribution in [3.05, 3.63) is 12.2 Å². The summed E-state index contributed by atoms with van der Waals surface area (Å²) in [6.07, 6.45) is 4.15. The summed E-state index contributed by atoms with van der Waals surface area (Å²) >= 11 is 1.85. The van der Waals surface area contributed by atoms with Gasteiger partial charge in [-0.3, -0.25) is 0 Å². The van der Waals surface area contributed by atoms with Gasteiger partial charge in [0, 0.05) is 6.42 Å². The van der Waals surface area contributed by atoms with Gasteiger partial charge in [-0.05, 0) is 29.5 Å². The molecule has 52 valence electrons. The second kappa shape index (κ2) is 4.29. The lowest BCUT2D eigenvalue weighted by Crippen LogP contribution is -2.12. The largest absolute Gasteiger partial charge is 0.197 e. The van der Waals surface area contributed by atoms with Crippen molar-refractivity contribution in [2.75, 3.05) is 0 Å². The average molecular weight is 246 g/mol. The molecule has 2 nitrogen and oxygen atoms in total. The Balaban J connectivity index is 4.14. The highest BCUT2D eigenvalue weighted by Crippen LogP contribution is 2.21. The maximum Gasteiger partial charge on any atom is 0.197 e. The lowest BCUT2D eigenvalue weighted by molar-refractivity contribution is 0.956. The zero-order chi connectivity index (χ0) is 8.04. The van der Waals surface area contributed by atoms with Crippen molar-refractivity contribution >= 4 is 22.6 Å². The standard InChI is InChI=1S/C7H7IN2/c1-2-3-4-7(8,5-9)6-10/h2-3H,4H2,1H3. The number of hydrogen-bond acceptors (Lipinski definition) is 2. The molecule has 0 saturated carbocycles. The first-order chi connectivity index (χ1) is 4.68. The van der Waals surface area contributed by atoms with Crippen molar-refractivity contribution < 1.29 is 0 Å². The number of allylic oxidation sites excluding steroid dienone is 2. The summed E-state index contributed by atoms with van der Waals surface area (Å²) in [5.74, 6) is 0. The minimum atomic E-state index is -0.871. The van der Waals surface area contributed by atoms with E-state index in [-0.39, 0.29) is 0 Å². The molecule has 0 saturated heterocycles. The first kappa shape index (κ1) is 9.45. The molecular formula is C7H7IN2. The van der Waals surface area contributed by atoms with Crippen molar-refractivity contribution in [3.63, 3.8) is 0 Å². The molecule has 0 aromatic heterocycles. The van der Waals surface area contributed by atoms with Crippen LogP contribution >= 0.6 is 22.6 Å². The Morgan fingerprint density at radius 3 is 2.30 bits per heavy atom. The molecular weight excluding hydrogens is 239 g/mol. The summed E-state index contributed by atoms with van der Waals surface area (Å²) in [7, 11) is 0. The van der Waals surface area contributed by atoms with Gasteiger partial charge in [0.05, 0.1) is 12.1 Å². The fourth-order valence-corrected chi connectivity index (χ4v) is 0.651. The summed E-state index contributed by atoms with van der Waals surface area (Å²) in [4.78, 5) is 0. The van der Waals surface area contributed by atoms with E-state index in [4.69, 9.17) is 10.5 Å². The Morgan fingerprint density at radius 2 is 2.00 bits per heavy atom. The Labute approximate surface area is 74.3 Å². The zero-order valence-electron chi connectivity index (χ0n) is 5.63. The molecule has 0 aromatic rings. The predicted molar refractivity (Wildman–Crippen MR) is 47.4 cm³/mol. The molecule has 0 unspecified atom stereocenters. The minimum absolute atomic E-state index is 0.497. The molecule has 0 rings (SSSR count). The van der Waals surface area contributed by atoms with Gasteiger partial charge in [0.2, 0.25) is 0 Å². The van der Waals surface area contributed by atoms with E-state index < -0.39 is 3.42 Å². The maximum atomic E-state index is 8.50. The fraction of sp³-hybridized carbons (Fsp3) is 0.429. The monoisotopic (exact) mass is 246 g/mol. The Bertz CT molecular complexity index is 193. The van der Waals surface area contributed by atoms with E-state index in [0.717, 1.165) is 0 Å². The molecule has 0 fully saturated rings. The van der Waals surface area contributed by atoms with Crippen molar-refractivity contribution in [3.8, 4) is 12.1 Å². The number of alkyl halides is 1. The molecule has 3 heteroatoms. The van der Waals surface area contributed by atoms with Crippen LogP contribution < -0.4 is 0 Å². The van der Waals surface area contributed by atoms with Crippen LogP contribution in [0.15, 0.2) is 12.2 Å². The summed E-state index contributed by atoms with van der Waals surface area (Å²) < 4.78 is -0.871. The third-order valence-electron chi connectivity index (χ3n) is 0.989. The highest BCUT2D eigenvalue weighted by Gasteiger charge is 2.23. The van der Waals surface area contributed by atoms with Gasteiger partial charge in [0.25, 0.3) is 0 Å². The smallest absolute Gasteiger partial charge is 0.196 e. The van der Waals surface area contributed by atoms with Crippen LogP contribution in [0.3, 0.4) is 0 Å². The van der Waals surface area contributed by atoms with Gasteiger partial charge in [0.1, 0.15) is 0 Å². The molecule has 0 aromatic carbocycles. The Morgan fingerprint density at radius 1 is 1.50 bits per heavy atom. The topological polar surface area (TPSA) is 47.6 Å². The Hall–Kier alpha value is -0.550. The van der Waals surface area contributed by atoms with E-state index in [1.165, 1.54) is 0 Å². The van der Waals surface area contributed by atoms with E-state index in [1.54, 1.807) is 0 Å². The van der Waals surface area contributed by atoms with Crippen molar-refractivity contribution in [2.45, 2.75) is 16.8 Å². The van der Waals surface area contributed by atoms with Crippen molar-refractivity contribution in [1.29, 1.82) is 10.5 Å². The zero-order valence-corrected chi connectivity index (χ0v) is 7.79. The summed E-state index contributed by atoms with van der Waals surface area (Å²) in [6, 6.07) is 3.87. The molecule has 0 aliphatic carbocycles. The van der Waals surface area contributed by atoms with Crippen LogP contribution in [0.25, 0.3) is 0 Å². The predicted octanol–water partition coefficient (Wildman–Crippen LogP) is 2.17. The lowest BCUT2D eigenvalue weighted by Gasteiger charge is -2.03.